The molecule has 13 nitrogen and oxygen atoms in total. The predicted octanol–water partition coefficient (Wildman–Crippen LogP) is 11.7. The van der Waals surface area contributed by atoms with E-state index in [0.29, 0.717) is 24.1 Å². The highest BCUT2D eigenvalue weighted by molar-refractivity contribution is 7.86. The van der Waals surface area contributed by atoms with Gasteiger partial charge in [0.25, 0.3) is 10.1 Å². The van der Waals surface area contributed by atoms with Crippen molar-refractivity contribution in [2.24, 2.45) is 17.8 Å². The van der Waals surface area contributed by atoms with Crippen LogP contribution in [0.25, 0.3) is 0 Å². The van der Waals surface area contributed by atoms with E-state index >= 15 is 0 Å². The lowest BCUT2D eigenvalue weighted by Gasteiger charge is -2.23. The first-order valence-electron chi connectivity index (χ1n) is 23.3. The molecule has 3 aromatic rings. The Hall–Kier alpha value is -3.65. The van der Waals surface area contributed by atoms with E-state index in [4.69, 9.17) is 22.7 Å². The van der Waals surface area contributed by atoms with E-state index in [1.807, 2.05) is 48.5 Å². The normalized spacial score (nSPS) is 16.7. The van der Waals surface area contributed by atoms with Crippen molar-refractivity contribution in [3.05, 3.63) is 53.3 Å². The Morgan fingerprint density at radius 1 is 0.694 bits per heavy atom. The van der Waals surface area contributed by atoms with Crippen LogP contribution in [0.4, 0.5) is 0 Å². The lowest BCUT2D eigenvalue weighted by molar-refractivity contribution is -0.156. The standard InChI is InChI=1S/C26H38N2O6S.C22H38N2O3/c1-19-13-15-22(16-14-19)35(30,31)32-18-23-27-25(34-28-23)21(17-24(29)33-26(2,3)4)12-8-11-20-9-6-5-7-10-20;1-16(2)14-19-23-21(27-24-19)18(15-20(25)26-22(3,4)5)13-9-12-17-10-7-6-8-11-17/h13-16,20-21H,5-12,17-18H2,1-4H3;16-18H,6-15H2,1-5H3/t21-;18-/m11/s1. The molecule has 2 aliphatic carbocycles. The van der Waals surface area contributed by atoms with Crippen molar-refractivity contribution in [1.82, 2.24) is 20.3 Å². The van der Waals surface area contributed by atoms with E-state index in [2.05, 4.69) is 34.1 Å². The number of hydrogen-bond acceptors (Lipinski definition) is 13. The number of esters is 2. The maximum Gasteiger partial charge on any atom is 0.307 e. The van der Waals surface area contributed by atoms with Crippen LogP contribution < -0.4 is 0 Å². The average Bonchev–Trinajstić information content (AvgIpc) is 3.86. The van der Waals surface area contributed by atoms with Crippen LogP contribution in [0.1, 0.15) is 212 Å². The highest BCUT2D eigenvalue weighted by Gasteiger charge is 2.29. The van der Waals surface area contributed by atoms with Crippen LogP contribution >= 0.6 is 0 Å². The Balaban J connectivity index is 0.000000282. The van der Waals surface area contributed by atoms with Crippen molar-refractivity contribution in [2.75, 3.05) is 0 Å². The van der Waals surface area contributed by atoms with Crippen molar-refractivity contribution < 1.29 is 40.7 Å². The Morgan fingerprint density at radius 3 is 1.56 bits per heavy atom. The summed E-state index contributed by atoms with van der Waals surface area (Å²) in [6.07, 6.45) is 20.6. The number of aryl methyl sites for hydroxylation is 1. The fraction of sp³-hybridized carbons (Fsp3) is 0.750. The molecule has 0 bridgehead atoms. The van der Waals surface area contributed by atoms with Crippen LogP contribution in [0.2, 0.25) is 0 Å². The van der Waals surface area contributed by atoms with Gasteiger partial charge in [0.05, 0.1) is 17.7 Å². The lowest BCUT2D eigenvalue weighted by Crippen LogP contribution is -2.25. The van der Waals surface area contributed by atoms with Crippen LogP contribution in [0.15, 0.2) is 38.2 Å². The number of benzene rings is 1. The summed E-state index contributed by atoms with van der Waals surface area (Å²) in [5, 5.41) is 8.02. The zero-order chi connectivity index (χ0) is 45.3. The van der Waals surface area contributed by atoms with Gasteiger partial charge in [0.1, 0.15) is 17.8 Å². The van der Waals surface area contributed by atoms with E-state index in [0.717, 1.165) is 61.7 Å². The number of ether oxygens (including phenoxy) is 2. The summed E-state index contributed by atoms with van der Waals surface area (Å²) in [5.41, 5.74) is -0.102. The van der Waals surface area contributed by atoms with Crippen molar-refractivity contribution in [3.63, 3.8) is 0 Å². The van der Waals surface area contributed by atoms with Gasteiger partial charge >= 0.3 is 11.9 Å². The first-order chi connectivity index (χ1) is 29.2. The molecular weight excluding hydrogens is 809 g/mol. The summed E-state index contributed by atoms with van der Waals surface area (Å²) in [5.74, 6) is 2.99. The topological polar surface area (TPSA) is 174 Å². The molecule has 14 heteroatoms. The molecule has 2 saturated carbocycles. The van der Waals surface area contributed by atoms with Crippen LogP contribution in [0, 0.1) is 24.7 Å². The van der Waals surface area contributed by atoms with Crippen molar-refractivity contribution in [2.45, 2.75) is 219 Å². The molecule has 0 unspecified atom stereocenters. The zero-order valence-electron chi connectivity index (χ0n) is 39.2. The molecule has 2 heterocycles. The van der Waals surface area contributed by atoms with E-state index in [1.165, 1.54) is 82.8 Å². The Kier molecular flexibility index (Phi) is 20.1. The quantitative estimate of drug-likeness (QED) is 0.0775. The molecule has 62 heavy (non-hydrogen) atoms. The molecule has 0 amide bonds. The minimum absolute atomic E-state index is 0.0446. The summed E-state index contributed by atoms with van der Waals surface area (Å²) in [6.45, 7) is 17.0. The van der Waals surface area contributed by atoms with Gasteiger partial charge in [-0.05, 0) is 91.2 Å². The lowest BCUT2D eigenvalue weighted by atomic mass is 9.84. The van der Waals surface area contributed by atoms with E-state index in [9.17, 15) is 18.0 Å². The zero-order valence-corrected chi connectivity index (χ0v) is 40.0. The molecule has 0 radical (unpaired) electrons. The number of hydrogen-bond donors (Lipinski definition) is 0. The minimum Gasteiger partial charge on any atom is -0.460 e. The van der Waals surface area contributed by atoms with Gasteiger partial charge in [-0.2, -0.15) is 18.4 Å². The number of nitrogens with zero attached hydrogens (tertiary/aromatic N) is 4. The minimum atomic E-state index is -3.95. The number of rotatable bonds is 20. The molecule has 0 N–H and O–H groups in total. The van der Waals surface area contributed by atoms with Crippen molar-refractivity contribution in [3.8, 4) is 0 Å². The van der Waals surface area contributed by atoms with E-state index in [-0.39, 0.29) is 47.5 Å². The Morgan fingerprint density at radius 2 is 1.13 bits per heavy atom. The summed E-state index contributed by atoms with van der Waals surface area (Å²) < 4.78 is 52.1. The molecule has 5 rings (SSSR count). The fourth-order valence-corrected chi connectivity index (χ4v) is 9.19. The highest BCUT2D eigenvalue weighted by atomic mass is 32.2. The fourth-order valence-electron chi connectivity index (χ4n) is 8.33. The molecule has 2 fully saturated rings. The van der Waals surface area contributed by atoms with Crippen LogP contribution in [-0.2, 0) is 46.4 Å². The molecule has 0 saturated heterocycles. The first kappa shape index (κ1) is 51.0. The van der Waals surface area contributed by atoms with Crippen LogP contribution in [0.5, 0.6) is 0 Å². The molecule has 1 aromatic carbocycles. The largest absolute Gasteiger partial charge is 0.460 e. The number of carbonyl (C=O) groups is 2. The average molecular weight is 885 g/mol. The van der Waals surface area contributed by atoms with Gasteiger partial charge in [-0.15, -0.1) is 0 Å². The summed E-state index contributed by atoms with van der Waals surface area (Å²) in [4.78, 5) is 33.9. The molecule has 2 aromatic heterocycles. The second-order valence-corrected chi connectivity index (χ2v) is 21.7. The monoisotopic (exact) mass is 885 g/mol. The predicted molar refractivity (Wildman–Crippen MR) is 238 cm³/mol. The van der Waals surface area contributed by atoms with Crippen LogP contribution in [-0.4, -0.2) is 51.8 Å². The van der Waals surface area contributed by atoms with Crippen molar-refractivity contribution >= 4 is 22.1 Å². The van der Waals surface area contributed by atoms with Gasteiger partial charge in [-0.1, -0.05) is 132 Å². The van der Waals surface area contributed by atoms with Gasteiger partial charge in [-0.25, -0.2) is 0 Å². The molecule has 2 aliphatic rings. The first-order valence-corrected chi connectivity index (χ1v) is 24.7. The SMILES string of the molecule is CC(C)Cc1noc([C@H](CCCC2CCCCC2)CC(=O)OC(C)(C)C)n1.Cc1ccc(S(=O)(=O)OCc2noc([C@H](CCCC3CCCCC3)CC(=O)OC(C)(C)C)n2)cc1. The second kappa shape index (κ2) is 24.4. The van der Waals surface area contributed by atoms with E-state index in [1.54, 1.807) is 12.1 Å². The third-order valence-electron chi connectivity index (χ3n) is 11.4. The van der Waals surface area contributed by atoms with Gasteiger partial charge in [0.2, 0.25) is 11.8 Å². The highest BCUT2D eigenvalue weighted by Crippen LogP contribution is 2.33. The van der Waals surface area contributed by atoms with Gasteiger partial charge < -0.3 is 18.5 Å². The molecular formula is C48H76N4O9S. The number of aromatic nitrogens is 4. The van der Waals surface area contributed by atoms with Gasteiger partial charge in [0, 0.05) is 18.3 Å². The van der Waals surface area contributed by atoms with E-state index < -0.39 is 21.3 Å². The van der Waals surface area contributed by atoms with Crippen molar-refractivity contribution in [1.29, 1.82) is 0 Å². The molecule has 0 aliphatic heterocycles. The third kappa shape index (κ3) is 19.4. The van der Waals surface area contributed by atoms with Gasteiger partial charge in [0.15, 0.2) is 11.6 Å². The summed E-state index contributed by atoms with van der Waals surface area (Å²) >= 11 is 0. The Bertz CT molecular complexity index is 1880. The number of carbonyl (C=O) groups excluding carboxylic acids is 2. The molecule has 2 atom stereocenters. The van der Waals surface area contributed by atoms with Crippen LogP contribution in [0.3, 0.4) is 0 Å². The molecule has 0 spiro atoms. The second-order valence-electron chi connectivity index (χ2n) is 20.1. The smallest absolute Gasteiger partial charge is 0.307 e. The Labute approximate surface area is 371 Å². The maximum atomic E-state index is 12.5. The third-order valence-corrected chi connectivity index (χ3v) is 12.6. The van der Waals surface area contributed by atoms with Gasteiger partial charge in [-0.3, -0.25) is 13.8 Å². The summed E-state index contributed by atoms with van der Waals surface area (Å²) in [7, 11) is -3.95. The molecule has 348 valence electrons. The maximum absolute atomic E-state index is 12.5. The summed E-state index contributed by atoms with van der Waals surface area (Å²) in [6, 6.07) is 6.40.